The van der Waals surface area contributed by atoms with Gasteiger partial charge in [0.15, 0.2) is 0 Å². The zero-order valence-electron chi connectivity index (χ0n) is 8.52. The fourth-order valence-electron chi connectivity index (χ4n) is 0.977. The fourth-order valence-corrected chi connectivity index (χ4v) is 1.37. The molecule has 6 heteroatoms. The second-order valence-corrected chi connectivity index (χ2v) is 4.15. The van der Waals surface area contributed by atoms with Gasteiger partial charge in [-0.1, -0.05) is 31.9 Å². The summed E-state index contributed by atoms with van der Waals surface area (Å²) in [4.78, 5) is 21.6. The molecule has 4 nitrogen and oxygen atoms in total. The van der Waals surface area contributed by atoms with Gasteiger partial charge in [0.25, 0.3) is 0 Å². The first kappa shape index (κ1) is 14.9. The van der Waals surface area contributed by atoms with Crippen LogP contribution in [0.2, 0.25) is 0 Å². The summed E-state index contributed by atoms with van der Waals surface area (Å²) < 4.78 is 0. The first-order valence-corrected chi connectivity index (χ1v) is 7.10. The Morgan fingerprint density at radius 2 is 1.20 bits per heavy atom. The number of hydrogen-bond acceptors (Lipinski definition) is 2. The zero-order chi connectivity index (χ0) is 11.5. The Hall–Kier alpha value is -0.100. The van der Waals surface area contributed by atoms with Crippen LogP contribution < -0.4 is 10.6 Å². The van der Waals surface area contributed by atoms with Crippen molar-refractivity contribution >= 4 is 43.7 Å². The lowest BCUT2D eigenvalue weighted by molar-refractivity contribution is -0.119. The highest BCUT2D eigenvalue weighted by molar-refractivity contribution is 9.09. The molecule has 0 aliphatic rings. The van der Waals surface area contributed by atoms with Gasteiger partial charge in [-0.3, -0.25) is 9.59 Å². The molecular formula is C9H16Br2N2O2. The molecule has 0 heterocycles. The molecule has 0 saturated carbocycles. The quantitative estimate of drug-likeness (QED) is 0.513. The van der Waals surface area contributed by atoms with Crippen LogP contribution >= 0.6 is 31.9 Å². The smallest absolute Gasteiger partial charge is 0.230 e. The van der Waals surface area contributed by atoms with Gasteiger partial charge in [0.1, 0.15) is 0 Å². The van der Waals surface area contributed by atoms with E-state index in [-0.39, 0.29) is 11.8 Å². The lowest BCUT2D eigenvalue weighted by Crippen LogP contribution is -2.26. The Morgan fingerprint density at radius 3 is 1.53 bits per heavy atom. The number of nitrogens with one attached hydrogen (secondary N) is 2. The van der Waals surface area contributed by atoms with E-state index in [1.807, 2.05) is 0 Å². The molecule has 0 spiro atoms. The van der Waals surface area contributed by atoms with Crippen molar-refractivity contribution in [2.24, 2.45) is 0 Å². The monoisotopic (exact) mass is 342 g/mol. The summed E-state index contributed by atoms with van der Waals surface area (Å²) in [6.07, 6.45) is 2.90. The Kier molecular flexibility index (Phi) is 10.3. The molecule has 2 amide bonds. The summed E-state index contributed by atoms with van der Waals surface area (Å²) in [5.74, 6) is 0.0326. The zero-order valence-corrected chi connectivity index (χ0v) is 11.7. The number of carbonyl (C=O) groups is 2. The molecule has 0 aliphatic carbocycles. The maximum atomic E-state index is 10.8. The summed E-state index contributed by atoms with van der Waals surface area (Å²) in [6.45, 7) is 1.41. The van der Waals surface area contributed by atoms with Crippen molar-refractivity contribution in [2.75, 3.05) is 23.7 Å². The lowest BCUT2D eigenvalue weighted by Gasteiger charge is -2.04. The van der Waals surface area contributed by atoms with Crippen LogP contribution in [0.15, 0.2) is 0 Å². The van der Waals surface area contributed by atoms with E-state index in [0.29, 0.717) is 23.7 Å². The molecule has 0 aliphatic heterocycles. The molecule has 0 radical (unpaired) electrons. The van der Waals surface area contributed by atoms with E-state index in [2.05, 4.69) is 42.5 Å². The Bertz CT molecular complexity index is 181. The molecule has 0 rings (SSSR count). The topological polar surface area (TPSA) is 58.2 Å². The number of rotatable bonds is 8. The van der Waals surface area contributed by atoms with Crippen molar-refractivity contribution in [3.8, 4) is 0 Å². The van der Waals surface area contributed by atoms with Gasteiger partial charge in [0.2, 0.25) is 11.8 Å². The van der Waals surface area contributed by atoms with Crippen molar-refractivity contribution in [3.05, 3.63) is 0 Å². The third-order valence-corrected chi connectivity index (χ3v) is 2.76. The highest BCUT2D eigenvalue weighted by Gasteiger charge is 1.97. The Morgan fingerprint density at radius 1 is 0.800 bits per heavy atom. The highest BCUT2D eigenvalue weighted by atomic mass is 79.9. The lowest BCUT2D eigenvalue weighted by atomic mass is 10.2. The molecule has 15 heavy (non-hydrogen) atoms. The molecule has 0 saturated heterocycles. The number of carbonyl (C=O) groups excluding carboxylic acids is 2. The van der Waals surface area contributed by atoms with Crippen LogP contribution in [0.1, 0.15) is 19.3 Å². The van der Waals surface area contributed by atoms with E-state index >= 15 is 0 Å². The number of amides is 2. The summed E-state index contributed by atoms with van der Waals surface area (Å²) >= 11 is 6.14. The summed E-state index contributed by atoms with van der Waals surface area (Å²) in [6, 6.07) is 0. The molecule has 2 N–H and O–H groups in total. The molecule has 0 bridgehead atoms. The molecular weight excluding hydrogens is 328 g/mol. The van der Waals surface area contributed by atoms with E-state index < -0.39 is 0 Å². The van der Waals surface area contributed by atoms with Crippen LogP contribution in [0.25, 0.3) is 0 Å². The molecule has 0 unspecified atom stereocenters. The first-order valence-electron chi connectivity index (χ1n) is 4.86. The second kappa shape index (κ2) is 10.4. The van der Waals surface area contributed by atoms with Gasteiger partial charge in [-0.05, 0) is 19.3 Å². The van der Waals surface area contributed by atoms with Crippen molar-refractivity contribution in [3.63, 3.8) is 0 Å². The minimum atomic E-state index is 0.0163. The van der Waals surface area contributed by atoms with Crippen LogP contribution in [0, 0.1) is 0 Å². The third-order valence-electron chi connectivity index (χ3n) is 1.74. The molecule has 0 aromatic heterocycles. The molecule has 0 fully saturated rings. The van der Waals surface area contributed by atoms with Crippen LogP contribution in [0.4, 0.5) is 0 Å². The van der Waals surface area contributed by atoms with Crippen molar-refractivity contribution in [2.45, 2.75) is 19.3 Å². The Labute approximate surface area is 107 Å². The molecule has 0 atom stereocenters. The van der Waals surface area contributed by atoms with Crippen molar-refractivity contribution in [1.82, 2.24) is 10.6 Å². The maximum absolute atomic E-state index is 10.8. The summed E-state index contributed by atoms with van der Waals surface area (Å²) in [7, 11) is 0. The summed E-state index contributed by atoms with van der Waals surface area (Å²) in [5, 5.41) is 6.24. The molecule has 0 aromatic rings. The number of hydrogen-bond donors (Lipinski definition) is 2. The van der Waals surface area contributed by atoms with Crippen molar-refractivity contribution < 1.29 is 9.59 Å². The van der Waals surface area contributed by atoms with E-state index in [0.717, 1.165) is 19.3 Å². The van der Waals surface area contributed by atoms with E-state index in [1.165, 1.54) is 0 Å². The SMILES string of the molecule is O=C(CBr)NCCCCCNC(=O)CBr. The first-order chi connectivity index (χ1) is 7.20. The van der Waals surface area contributed by atoms with Crippen molar-refractivity contribution in [1.29, 1.82) is 0 Å². The summed E-state index contributed by atoms with van der Waals surface area (Å²) in [5.41, 5.74) is 0. The van der Waals surface area contributed by atoms with Gasteiger partial charge in [0, 0.05) is 13.1 Å². The largest absolute Gasteiger partial charge is 0.355 e. The third kappa shape index (κ3) is 10.2. The highest BCUT2D eigenvalue weighted by Crippen LogP contribution is 1.93. The Balaban J connectivity index is 3.11. The standard InChI is InChI=1S/C9H16Br2N2O2/c10-6-8(14)12-4-2-1-3-5-13-9(15)7-11/h1-7H2,(H,12,14)(H,13,15). The van der Waals surface area contributed by atoms with Crippen LogP contribution in [-0.4, -0.2) is 35.6 Å². The van der Waals surface area contributed by atoms with E-state index in [9.17, 15) is 9.59 Å². The van der Waals surface area contributed by atoms with Gasteiger partial charge < -0.3 is 10.6 Å². The van der Waals surface area contributed by atoms with Gasteiger partial charge in [-0.25, -0.2) is 0 Å². The number of halogens is 2. The average Bonchev–Trinajstić information content (AvgIpc) is 2.26. The predicted molar refractivity (Wildman–Crippen MR) is 67.5 cm³/mol. The van der Waals surface area contributed by atoms with E-state index in [1.54, 1.807) is 0 Å². The fraction of sp³-hybridized carbons (Fsp3) is 0.778. The minimum Gasteiger partial charge on any atom is -0.355 e. The predicted octanol–water partition coefficient (Wildman–Crippen LogP) is 1.18. The van der Waals surface area contributed by atoms with Crippen LogP contribution in [0.3, 0.4) is 0 Å². The van der Waals surface area contributed by atoms with Gasteiger partial charge in [-0.15, -0.1) is 0 Å². The second-order valence-electron chi connectivity index (χ2n) is 3.03. The number of unbranched alkanes of at least 4 members (excludes halogenated alkanes) is 2. The molecule has 88 valence electrons. The van der Waals surface area contributed by atoms with Gasteiger partial charge in [-0.2, -0.15) is 0 Å². The normalized spacial score (nSPS) is 9.73. The van der Waals surface area contributed by atoms with Crippen LogP contribution in [0.5, 0.6) is 0 Å². The minimum absolute atomic E-state index is 0.0163. The maximum Gasteiger partial charge on any atom is 0.230 e. The van der Waals surface area contributed by atoms with Crippen LogP contribution in [-0.2, 0) is 9.59 Å². The van der Waals surface area contributed by atoms with E-state index in [4.69, 9.17) is 0 Å². The van der Waals surface area contributed by atoms with Gasteiger partial charge in [0.05, 0.1) is 10.7 Å². The van der Waals surface area contributed by atoms with Gasteiger partial charge >= 0.3 is 0 Å². The average molecular weight is 344 g/mol. The number of alkyl halides is 2. The molecule has 0 aromatic carbocycles.